The molecular weight excluding hydrogens is 328 g/mol. The van der Waals surface area contributed by atoms with Gasteiger partial charge in [-0.3, -0.25) is 4.79 Å². The van der Waals surface area contributed by atoms with E-state index in [0.29, 0.717) is 9.50 Å². The van der Waals surface area contributed by atoms with Crippen molar-refractivity contribution < 1.29 is 9.90 Å². The average molecular weight is 338 g/mol. The molecule has 0 aliphatic carbocycles. The third-order valence-electron chi connectivity index (χ3n) is 2.52. The molecule has 0 saturated carbocycles. The fourth-order valence-electron chi connectivity index (χ4n) is 1.58. The van der Waals surface area contributed by atoms with Crippen LogP contribution in [0.1, 0.15) is 15.9 Å². The van der Waals surface area contributed by atoms with E-state index in [-0.39, 0.29) is 17.1 Å². The van der Waals surface area contributed by atoms with E-state index in [0.717, 1.165) is 5.56 Å². The van der Waals surface area contributed by atoms with Gasteiger partial charge < -0.3 is 5.11 Å². The van der Waals surface area contributed by atoms with E-state index in [4.69, 9.17) is 11.6 Å². The number of carbonyl (C=O) groups excluding carboxylic acids is 1. The summed E-state index contributed by atoms with van der Waals surface area (Å²) < 4.78 is 0.400. The number of allylic oxidation sites excluding steroid dienone is 1. The zero-order chi connectivity index (χ0) is 13.8. The van der Waals surface area contributed by atoms with Crippen molar-refractivity contribution in [3.63, 3.8) is 0 Å². The third kappa shape index (κ3) is 3.46. The minimum absolute atomic E-state index is 0.105. The number of phenolic OH excluding ortho intramolecular Hbond substituents is 1. The summed E-state index contributed by atoms with van der Waals surface area (Å²) in [6.07, 6.45) is 3.10. The maximum atomic E-state index is 12.0. The number of ketones is 1. The van der Waals surface area contributed by atoms with Crippen molar-refractivity contribution in [2.24, 2.45) is 0 Å². The lowest BCUT2D eigenvalue weighted by molar-refractivity contribution is 0.104. The molecule has 0 saturated heterocycles. The number of hydrogen-bond acceptors (Lipinski definition) is 2. The molecule has 0 radical (unpaired) electrons. The molecule has 0 fully saturated rings. The van der Waals surface area contributed by atoms with E-state index in [1.807, 2.05) is 30.3 Å². The Bertz CT molecular complexity index is 636. The van der Waals surface area contributed by atoms with Crippen molar-refractivity contribution in [1.82, 2.24) is 0 Å². The van der Waals surface area contributed by atoms with Crippen molar-refractivity contribution in [3.05, 3.63) is 69.2 Å². The molecule has 0 aliphatic heterocycles. The van der Waals surface area contributed by atoms with Crippen LogP contribution in [-0.4, -0.2) is 10.9 Å². The second kappa shape index (κ2) is 6.04. The quantitative estimate of drug-likeness (QED) is 0.651. The first-order valence-corrected chi connectivity index (χ1v) is 6.70. The predicted octanol–water partition coefficient (Wildman–Crippen LogP) is 4.70. The fraction of sp³-hybridized carbons (Fsp3) is 0. The highest BCUT2D eigenvalue weighted by molar-refractivity contribution is 9.10. The summed E-state index contributed by atoms with van der Waals surface area (Å²) in [4.78, 5) is 12.0. The standard InChI is InChI=1S/C15H10BrClO2/c16-13-9-11(17)8-12(15(13)19)14(18)7-6-10-4-2-1-3-5-10/h1-9,19H/b7-6+. The molecule has 2 aromatic rings. The van der Waals surface area contributed by atoms with E-state index >= 15 is 0 Å². The van der Waals surface area contributed by atoms with Crippen LogP contribution in [0.25, 0.3) is 6.08 Å². The minimum Gasteiger partial charge on any atom is -0.506 e. The van der Waals surface area contributed by atoms with Gasteiger partial charge in [-0.25, -0.2) is 0 Å². The van der Waals surface area contributed by atoms with E-state index < -0.39 is 0 Å². The Morgan fingerprint density at radius 1 is 1.21 bits per heavy atom. The molecule has 19 heavy (non-hydrogen) atoms. The second-order valence-corrected chi connectivity index (χ2v) is 5.18. The van der Waals surface area contributed by atoms with Gasteiger partial charge in [0.2, 0.25) is 0 Å². The van der Waals surface area contributed by atoms with Crippen molar-refractivity contribution in [1.29, 1.82) is 0 Å². The average Bonchev–Trinajstić information content (AvgIpc) is 2.41. The maximum absolute atomic E-state index is 12.0. The van der Waals surface area contributed by atoms with Crippen molar-refractivity contribution >= 4 is 39.4 Å². The van der Waals surface area contributed by atoms with Crippen LogP contribution in [0.15, 0.2) is 53.0 Å². The Kier molecular flexibility index (Phi) is 4.40. The third-order valence-corrected chi connectivity index (χ3v) is 3.34. The lowest BCUT2D eigenvalue weighted by Crippen LogP contribution is -1.95. The SMILES string of the molecule is O=C(/C=C/c1ccccc1)c1cc(Cl)cc(Br)c1O. The molecule has 2 nitrogen and oxygen atoms in total. The van der Waals surface area contributed by atoms with Crippen LogP contribution in [-0.2, 0) is 0 Å². The molecule has 96 valence electrons. The smallest absolute Gasteiger partial charge is 0.189 e. The number of carbonyl (C=O) groups is 1. The maximum Gasteiger partial charge on any atom is 0.189 e. The number of benzene rings is 2. The zero-order valence-electron chi connectivity index (χ0n) is 9.81. The molecule has 2 aromatic carbocycles. The summed E-state index contributed by atoms with van der Waals surface area (Å²) in [7, 11) is 0. The van der Waals surface area contributed by atoms with Crippen LogP contribution >= 0.6 is 27.5 Å². The van der Waals surface area contributed by atoms with E-state index in [1.165, 1.54) is 18.2 Å². The monoisotopic (exact) mass is 336 g/mol. The Hall–Kier alpha value is -1.58. The highest BCUT2D eigenvalue weighted by Gasteiger charge is 2.12. The lowest BCUT2D eigenvalue weighted by atomic mass is 10.1. The van der Waals surface area contributed by atoms with Gasteiger partial charge in [0.1, 0.15) is 5.75 Å². The van der Waals surface area contributed by atoms with Crippen LogP contribution in [0.5, 0.6) is 5.75 Å². The molecule has 0 unspecified atom stereocenters. The first kappa shape index (κ1) is 13.8. The van der Waals surface area contributed by atoms with Gasteiger partial charge in [-0.15, -0.1) is 0 Å². The highest BCUT2D eigenvalue weighted by Crippen LogP contribution is 2.31. The fourth-order valence-corrected chi connectivity index (χ4v) is 2.39. The van der Waals surface area contributed by atoms with E-state index in [2.05, 4.69) is 15.9 Å². The minimum atomic E-state index is -0.301. The van der Waals surface area contributed by atoms with Crippen LogP contribution < -0.4 is 0 Å². The molecular formula is C15H10BrClO2. The molecule has 2 rings (SSSR count). The normalized spacial score (nSPS) is 10.8. The second-order valence-electron chi connectivity index (χ2n) is 3.89. The molecule has 0 atom stereocenters. The molecule has 0 bridgehead atoms. The van der Waals surface area contributed by atoms with Crippen molar-refractivity contribution in [2.75, 3.05) is 0 Å². The van der Waals surface area contributed by atoms with Crippen LogP contribution in [0, 0.1) is 0 Å². The first-order chi connectivity index (χ1) is 9.08. The number of aromatic hydroxyl groups is 1. The van der Waals surface area contributed by atoms with E-state index in [9.17, 15) is 9.90 Å². The topological polar surface area (TPSA) is 37.3 Å². The molecule has 4 heteroatoms. The van der Waals surface area contributed by atoms with Gasteiger partial charge in [-0.2, -0.15) is 0 Å². The Morgan fingerprint density at radius 2 is 1.89 bits per heavy atom. The molecule has 0 aromatic heterocycles. The number of phenols is 1. The molecule has 0 spiro atoms. The molecule has 0 amide bonds. The zero-order valence-corrected chi connectivity index (χ0v) is 12.1. The summed E-state index contributed by atoms with van der Waals surface area (Å²) in [5, 5.41) is 10.2. The number of rotatable bonds is 3. The molecule has 0 heterocycles. The van der Waals surface area contributed by atoms with Crippen LogP contribution in [0.2, 0.25) is 5.02 Å². The first-order valence-electron chi connectivity index (χ1n) is 5.53. The van der Waals surface area contributed by atoms with Gasteiger partial charge in [-0.1, -0.05) is 48.0 Å². The molecule has 1 N–H and O–H groups in total. The predicted molar refractivity (Wildman–Crippen MR) is 80.6 cm³/mol. The van der Waals surface area contributed by atoms with Gasteiger partial charge in [0, 0.05) is 5.02 Å². The van der Waals surface area contributed by atoms with Crippen LogP contribution in [0.4, 0.5) is 0 Å². The van der Waals surface area contributed by atoms with Gasteiger partial charge in [0.25, 0.3) is 0 Å². The van der Waals surface area contributed by atoms with E-state index in [1.54, 1.807) is 6.08 Å². The van der Waals surface area contributed by atoms with Crippen LogP contribution in [0.3, 0.4) is 0 Å². The van der Waals surface area contributed by atoms with Crippen molar-refractivity contribution in [2.45, 2.75) is 0 Å². The largest absolute Gasteiger partial charge is 0.506 e. The Labute approximate surface area is 124 Å². The van der Waals surface area contributed by atoms with Gasteiger partial charge in [-0.05, 0) is 39.7 Å². The lowest BCUT2D eigenvalue weighted by Gasteiger charge is -2.04. The highest BCUT2D eigenvalue weighted by atomic mass is 79.9. The number of hydrogen-bond donors (Lipinski definition) is 1. The Balaban J connectivity index is 2.28. The van der Waals surface area contributed by atoms with Gasteiger partial charge in [0.05, 0.1) is 10.0 Å². The van der Waals surface area contributed by atoms with Gasteiger partial charge >= 0.3 is 0 Å². The molecule has 0 aliphatic rings. The number of halogens is 2. The Morgan fingerprint density at radius 3 is 2.58 bits per heavy atom. The summed E-state index contributed by atoms with van der Waals surface area (Å²) in [5.74, 6) is -0.406. The summed E-state index contributed by atoms with van der Waals surface area (Å²) in [6.45, 7) is 0. The summed E-state index contributed by atoms with van der Waals surface area (Å²) in [5.41, 5.74) is 1.09. The summed E-state index contributed by atoms with van der Waals surface area (Å²) in [6, 6.07) is 12.4. The van der Waals surface area contributed by atoms with Gasteiger partial charge in [0.15, 0.2) is 5.78 Å². The van der Waals surface area contributed by atoms with Crippen molar-refractivity contribution in [3.8, 4) is 5.75 Å². The summed E-state index contributed by atoms with van der Waals surface area (Å²) >= 11 is 9.02.